The zero-order valence-electron chi connectivity index (χ0n) is 12.2. The molecule has 2 N–H and O–H groups in total. The van der Waals surface area contributed by atoms with Crippen LogP contribution in [0.1, 0.15) is 35.8 Å². The topological polar surface area (TPSA) is 65.5 Å². The molecule has 20 heavy (non-hydrogen) atoms. The molecule has 0 aliphatic carbocycles. The van der Waals surface area contributed by atoms with Crippen LogP contribution in [0.3, 0.4) is 0 Å². The van der Waals surface area contributed by atoms with Crippen LogP contribution in [0, 0.1) is 12.8 Å². The molecule has 1 aromatic heterocycles. The lowest BCUT2D eigenvalue weighted by molar-refractivity contribution is 0.0696. The third kappa shape index (κ3) is 4.20. The fraction of sp³-hybridized carbons (Fsp3) is 0.600. The highest BCUT2D eigenvalue weighted by atomic mass is 16.4. The Bertz CT molecular complexity index is 470. The van der Waals surface area contributed by atoms with Gasteiger partial charge in [-0.15, -0.1) is 0 Å². The Hall–Kier alpha value is -1.62. The number of rotatable bonds is 6. The number of aromatic carboxylic acids is 1. The Labute approximate surface area is 120 Å². The van der Waals surface area contributed by atoms with Gasteiger partial charge in [0.1, 0.15) is 5.82 Å². The fourth-order valence-electron chi connectivity index (χ4n) is 2.63. The molecule has 5 nitrogen and oxygen atoms in total. The lowest BCUT2D eigenvalue weighted by Crippen LogP contribution is -2.29. The summed E-state index contributed by atoms with van der Waals surface area (Å²) in [5, 5.41) is 12.3. The van der Waals surface area contributed by atoms with Crippen molar-refractivity contribution in [3.05, 3.63) is 23.4 Å². The minimum absolute atomic E-state index is 0.284. The Morgan fingerprint density at radius 3 is 2.80 bits per heavy atom. The zero-order valence-corrected chi connectivity index (χ0v) is 12.2. The van der Waals surface area contributed by atoms with E-state index in [9.17, 15) is 4.79 Å². The number of carbonyl (C=O) groups is 1. The minimum atomic E-state index is -0.913. The molecule has 1 aromatic rings. The molecule has 1 fully saturated rings. The first kappa shape index (κ1) is 14.8. The number of anilines is 1. The second-order valence-corrected chi connectivity index (χ2v) is 5.68. The molecule has 2 heterocycles. The quantitative estimate of drug-likeness (QED) is 0.834. The van der Waals surface area contributed by atoms with Crippen LogP contribution in [0.4, 0.5) is 5.82 Å². The SMILES string of the molecule is Cc1cc(C(=O)O)cc(NCC(C)CN2CCCC2)n1. The van der Waals surface area contributed by atoms with E-state index < -0.39 is 5.97 Å². The van der Waals surface area contributed by atoms with Gasteiger partial charge < -0.3 is 15.3 Å². The number of aromatic nitrogens is 1. The lowest BCUT2D eigenvalue weighted by atomic mass is 10.1. The summed E-state index contributed by atoms with van der Waals surface area (Å²) in [6.45, 7) is 8.33. The van der Waals surface area contributed by atoms with Crippen LogP contribution in [0.25, 0.3) is 0 Å². The van der Waals surface area contributed by atoms with E-state index in [2.05, 4.69) is 22.1 Å². The molecule has 1 aliphatic heterocycles. The third-order valence-corrected chi connectivity index (χ3v) is 3.60. The van der Waals surface area contributed by atoms with Gasteiger partial charge in [-0.1, -0.05) is 6.92 Å². The normalized spacial score (nSPS) is 17.1. The molecule has 1 unspecified atom stereocenters. The van der Waals surface area contributed by atoms with Crippen molar-refractivity contribution < 1.29 is 9.90 Å². The van der Waals surface area contributed by atoms with Crippen LogP contribution in [0.5, 0.6) is 0 Å². The lowest BCUT2D eigenvalue weighted by Gasteiger charge is -2.20. The Morgan fingerprint density at radius 2 is 2.15 bits per heavy atom. The summed E-state index contributed by atoms with van der Waals surface area (Å²) in [7, 11) is 0. The number of nitrogens with zero attached hydrogens (tertiary/aromatic N) is 2. The van der Waals surface area contributed by atoms with E-state index in [-0.39, 0.29) is 5.56 Å². The van der Waals surface area contributed by atoms with Crippen LogP contribution < -0.4 is 5.32 Å². The first-order chi connectivity index (χ1) is 9.54. The smallest absolute Gasteiger partial charge is 0.335 e. The van der Waals surface area contributed by atoms with Gasteiger partial charge in [-0.3, -0.25) is 0 Å². The molecule has 0 saturated carbocycles. The van der Waals surface area contributed by atoms with E-state index in [0.717, 1.165) is 18.8 Å². The van der Waals surface area contributed by atoms with Gasteiger partial charge in [-0.25, -0.2) is 9.78 Å². The molecular weight excluding hydrogens is 254 g/mol. The van der Waals surface area contributed by atoms with Crippen molar-refractivity contribution in [2.75, 3.05) is 31.5 Å². The third-order valence-electron chi connectivity index (χ3n) is 3.60. The molecular formula is C15H23N3O2. The molecule has 0 aromatic carbocycles. The summed E-state index contributed by atoms with van der Waals surface area (Å²) >= 11 is 0. The van der Waals surface area contributed by atoms with Gasteiger partial charge in [-0.05, 0) is 50.9 Å². The second kappa shape index (κ2) is 6.70. The molecule has 0 amide bonds. The van der Waals surface area contributed by atoms with Gasteiger partial charge in [0.05, 0.1) is 5.56 Å². The van der Waals surface area contributed by atoms with Gasteiger partial charge in [0, 0.05) is 18.8 Å². The highest BCUT2D eigenvalue weighted by Gasteiger charge is 2.14. The van der Waals surface area contributed by atoms with E-state index >= 15 is 0 Å². The summed E-state index contributed by atoms with van der Waals surface area (Å²) in [6.07, 6.45) is 2.61. The van der Waals surface area contributed by atoms with Gasteiger partial charge in [0.2, 0.25) is 0 Å². The summed E-state index contributed by atoms with van der Waals surface area (Å²) < 4.78 is 0. The molecule has 1 atom stereocenters. The van der Waals surface area contributed by atoms with Crippen molar-refractivity contribution >= 4 is 11.8 Å². The van der Waals surface area contributed by atoms with E-state index in [1.54, 1.807) is 12.1 Å². The monoisotopic (exact) mass is 277 g/mol. The number of pyridine rings is 1. The van der Waals surface area contributed by atoms with Gasteiger partial charge in [0.25, 0.3) is 0 Å². The number of likely N-dealkylation sites (tertiary alicyclic amines) is 1. The number of carboxylic acids is 1. The van der Waals surface area contributed by atoms with Crippen molar-refractivity contribution in [3.63, 3.8) is 0 Å². The van der Waals surface area contributed by atoms with Crippen LogP contribution in [0.15, 0.2) is 12.1 Å². The standard InChI is InChI=1S/C15H23N3O2/c1-11(10-18-5-3-4-6-18)9-16-14-8-13(15(19)20)7-12(2)17-14/h7-8,11H,3-6,9-10H2,1-2H3,(H,16,17)(H,19,20). The summed E-state index contributed by atoms with van der Waals surface area (Å²) in [6, 6.07) is 3.18. The predicted molar refractivity (Wildman–Crippen MR) is 79.3 cm³/mol. The molecule has 0 spiro atoms. The van der Waals surface area contributed by atoms with E-state index in [0.29, 0.717) is 11.7 Å². The first-order valence-electron chi connectivity index (χ1n) is 7.23. The predicted octanol–water partition coefficient (Wildman–Crippen LogP) is 2.23. The average Bonchev–Trinajstić information content (AvgIpc) is 2.88. The fourth-order valence-corrected chi connectivity index (χ4v) is 2.63. The summed E-state index contributed by atoms with van der Waals surface area (Å²) in [5.41, 5.74) is 1.01. The molecule has 1 saturated heterocycles. The zero-order chi connectivity index (χ0) is 14.5. The Morgan fingerprint density at radius 1 is 1.45 bits per heavy atom. The molecule has 110 valence electrons. The van der Waals surface area contributed by atoms with Gasteiger partial charge in [-0.2, -0.15) is 0 Å². The number of hydrogen-bond acceptors (Lipinski definition) is 4. The van der Waals surface area contributed by atoms with Crippen molar-refractivity contribution in [1.82, 2.24) is 9.88 Å². The largest absolute Gasteiger partial charge is 0.478 e. The summed E-state index contributed by atoms with van der Waals surface area (Å²) in [4.78, 5) is 17.8. The van der Waals surface area contributed by atoms with Crippen LogP contribution >= 0.6 is 0 Å². The minimum Gasteiger partial charge on any atom is -0.478 e. The Balaban J connectivity index is 1.87. The number of hydrogen-bond donors (Lipinski definition) is 2. The second-order valence-electron chi connectivity index (χ2n) is 5.68. The van der Waals surface area contributed by atoms with Gasteiger partial charge in [0.15, 0.2) is 0 Å². The highest BCUT2D eigenvalue weighted by Crippen LogP contribution is 2.13. The van der Waals surface area contributed by atoms with Crippen molar-refractivity contribution in [2.45, 2.75) is 26.7 Å². The molecule has 2 rings (SSSR count). The summed E-state index contributed by atoms with van der Waals surface area (Å²) in [5.74, 6) is 0.253. The van der Waals surface area contributed by atoms with Crippen molar-refractivity contribution in [2.24, 2.45) is 5.92 Å². The maximum absolute atomic E-state index is 11.0. The van der Waals surface area contributed by atoms with E-state index in [4.69, 9.17) is 5.11 Å². The molecule has 0 bridgehead atoms. The van der Waals surface area contributed by atoms with Crippen molar-refractivity contribution in [3.8, 4) is 0 Å². The van der Waals surface area contributed by atoms with Crippen molar-refractivity contribution in [1.29, 1.82) is 0 Å². The average molecular weight is 277 g/mol. The van der Waals surface area contributed by atoms with Gasteiger partial charge >= 0.3 is 5.97 Å². The van der Waals surface area contributed by atoms with Crippen LogP contribution in [0.2, 0.25) is 0 Å². The number of aryl methyl sites for hydroxylation is 1. The van der Waals surface area contributed by atoms with Crippen LogP contribution in [-0.4, -0.2) is 47.1 Å². The van der Waals surface area contributed by atoms with E-state index in [1.807, 2.05) is 6.92 Å². The maximum Gasteiger partial charge on any atom is 0.335 e. The molecule has 5 heteroatoms. The highest BCUT2D eigenvalue weighted by molar-refractivity contribution is 5.88. The Kier molecular flexibility index (Phi) is 4.95. The van der Waals surface area contributed by atoms with Crippen LogP contribution in [-0.2, 0) is 0 Å². The number of nitrogens with one attached hydrogen (secondary N) is 1. The van der Waals surface area contributed by atoms with E-state index in [1.165, 1.54) is 25.9 Å². The number of carboxylic acid groups (broad SMARTS) is 1. The molecule has 0 radical (unpaired) electrons. The first-order valence-corrected chi connectivity index (χ1v) is 7.23. The maximum atomic E-state index is 11.0. The molecule has 1 aliphatic rings.